The highest BCUT2D eigenvalue weighted by Crippen LogP contribution is 2.39. The fourth-order valence-corrected chi connectivity index (χ4v) is 4.65. The van der Waals surface area contributed by atoms with E-state index < -0.39 is 0 Å². The number of nitrogens with zero attached hydrogens (tertiary/aromatic N) is 2. The number of carbonyl (C=O) groups excluding carboxylic acids is 2. The lowest BCUT2D eigenvalue weighted by Gasteiger charge is -2.31. The van der Waals surface area contributed by atoms with E-state index in [-0.39, 0.29) is 11.8 Å². The number of piperidine rings is 1. The first-order valence-corrected chi connectivity index (χ1v) is 12.3. The third-order valence-corrected chi connectivity index (χ3v) is 7.21. The van der Waals surface area contributed by atoms with Gasteiger partial charge in [0.1, 0.15) is 5.69 Å². The molecule has 1 saturated heterocycles. The van der Waals surface area contributed by atoms with Crippen LogP contribution in [-0.2, 0) is 17.6 Å². The first-order chi connectivity index (χ1) is 15.6. The van der Waals surface area contributed by atoms with Crippen molar-refractivity contribution in [1.29, 1.82) is 0 Å². The molecule has 0 spiro atoms. The van der Waals surface area contributed by atoms with Gasteiger partial charge in [-0.3, -0.25) is 14.7 Å². The Bertz CT molecular complexity index is 935. The molecule has 3 aliphatic rings. The van der Waals surface area contributed by atoms with Gasteiger partial charge in [0.25, 0.3) is 5.91 Å². The normalized spacial score (nSPS) is 19.2. The van der Waals surface area contributed by atoms with Crippen LogP contribution in [0.3, 0.4) is 0 Å². The lowest BCUT2D eigenvalue weighted by molar-refractivity contribution is -0.121. The lowest BCUT2D eigenvalue weighted by Crippen LogP contribution is -2.39. The molecule has 0 unspecified atom stereocenters. The van der Waals surface area contributed by atoms with E-state index in [9.17, 15) is 9.59 Å². The molecule has 32 heavy (non-hydrogen) atoms. The van der Waals surface area contributed by atoms with Crippen molar-refractivity contribution in [2.24, 2.45) is 11.8 Å². The van der Waals surface area contributed by atoms with E-state index >= 15 is 0 Å². The van der Waals surface area contributed by atoms with E-state index in [0.717, 1.165) is 56.9 Å². The SMILES string of the molecule is O=C(CCc1ccc(CC2CCN(C(=O)c3cc(C4CC4)[nH]n3)CC2)cc1)NCC1CC1. The number of hydrogen-bond acceptors (Lipinski definition) is 3. The zero-order valence-corrected chi connectivity index (χ0v) is 18.8. The Morgan fingerprint density at radius 3 is 2.38 bits per heavy atom. The van der Waals surface area contributed by atoms with Gasteiger partial charge in [-0.1, -0.05) is 24.3 Å². The zero-order chi connectivity index (χ0) is 21.9. The molecule has 2 saturated carbocycles. The lowest BCUT2D eigenvalue weighted by atomic mass is 9.89. The van der Waals surface area contributed by atoms with E-state index in [1.807, 2.05) is 11.0 Å². The van der Waals surface area contributed by atoms with E-state index in [2.05, 4.69) is 39.8 Å². The molecule has 1 aromatic carbocycles. The van der Waals surface area contributed by atoms with Crippen LogP contribution in [-0.4, -0.2) is 46.5 Å². The highest BCUT2D eigenvalue weighted by atomic mass is 16.2. The minimum absolute atomic E-state index is 0.0668. The topological polar surface area (TPSA) is 78.1 Å². The van der Waals surface area contributed by atoms with Gasteiger partial charge in [0.15, 0.2) is 0 Å². The van der Waals surface area contributed by atoms with Gasteiger partial charge < -0.3 is 10.2 Å². The highest BCUT2D eigenvalue weighted by Gasteiger charge is 2.29. The monoisotopic (exact) mass is 434 g/mol. The molecule has 1 aliphatic heterocycles. The number of amides is 2. The Morgan fingerprint density at radius 2 is 1.69 bits per heavy atom. The molecule has 2 aromatic rings. The third-order valence-electron chi connectivity index (χ3n) is 7.21. The summed E-state index contributed by atoms with van der Waals surface area (Å²) in [6, 6.07) is 10.7. The maximum absolute atomic E-state index is 12.8. The van der Waals surface area contributed by atoms with Gasteiger partial charge in [0.2, 0.25) is 5.91 Å². The number of aryl methyl sites for hydroxylation is 1. The first kappa shape index (κ1) is 21.2. The van der Waals surface area contributed by atoms with Crippen LogP contribution in [0.15, 0.2) is 30.3 Å². The van der Waals surface area contributed by atoms with Gasteiger partial charge >= 0.3 is 0 Å². The highest BCUT2D eigenvalue weighted by molar-refractivity contribution is 5.92. The molecule has 6 heteroatoms. The molecule has 2 aliphatic carbocycles. The molecule has 5 rings (SSSR count). The van der Waals surface area contributed by atoms with Crippen LogP contribution in [0, 0.1) is 11.8 Å². The van der Waals surface area contributed by atoms with Crippen molar-refractivity contribution in [1.82, 2.24) is 20.4 Å². The fraction of sp³-hybridized carbons (Fsp3) is 0.577. The molecule has 3 fully saturated rings. The largest absolute Gasteiger partial charge is 0.356 e. The number of aromatic nitrogens is 2. The van der Waals surface area contributed by atoms with Gasteiger partial charge in [0.05, 0.1) is 0 Å². The molecule has 6 nitrogen and oxygen atoms in total. The van der Waals surface area contributed by atoms with Crippen molar-refractivity contribution in [3.8, 4) is 0 Å². The van der Waals surface area contributed by atoms with Crippen molar-refractivity contribution < 1.29 is 9.59 Å². The van der Waals surface area contributed by atoms with Crippen LogP contribution in [0.1, 0.15) is 78.2 Å². The minimum Gasteiger partial charge on any atom is -0.356 e. The Kier molecular flexibility index (Phi) is 6.28. The standard InChI is InChI=1S/C26H34N4O2/c31-25(27-17-21-5-6-21)10-7-18-1-3-19(4-2-18)15-20-11-13-30(14-12-20)26(32)24-16-23(28-29-24)22-8-9-22/h1-4,16,20-22H,5-15,17H2,(H,27,31)(H,28,29). The van der Waals surface area contributed by atoms with Crippen LogP contribution >= 0.6 is 0 Å². The zero-order valence-electron chi connectivity index (χ0n) is 18.8. The molecule has 1 aromatic heterocycles. The van der Waals surface area contributed by atoms with Crippen molar-refractivity contribution in [3.63, 3.8) is 0 Å². The number of aromatic amines is 1. The predicted octanol–water partition coefficient (Wildman–Crippen LogP) is 3.84. The van der Waals surface area contributed by atoms with Crippen molar-refractivity contribution in [3.05, 3.63) is 52.8 Å². The summed E-state index contributed by atoms with van der Waals surface area (Å²) < 4.78 is 0. The maximum atomic E-state index is 12.8. The molecular formula is C26H34N4O2. The van der Waals surface area contributed by atoms with Gasteiger partial charge in [-0.25, -0.2) is 0 Å². The maximum Gasteiger partial charge on any atom is 0.274 e. The number of likely N-dealkylation sites (tertiary alicyclic amines) is 1. The second-order valence-electron chi connectivity index (χ2n) is 9.99. The Hall–Kier alpha value is -2.63. The Balaban J connectivity index is 1.04. The summed E-state index contributed by atoms with van der Waals surface area (Å²) in [6.45, 7) is 2.47. The fourth-order valence-electron chi connectivity index (χ4n) is 4.65. The van der Waals surface area contributed by atoms with Crippen molar-refractivity contribution >= 4 is 11.8 Å². The van der Waals surface area contributed by atoms with Gasteiger partial charge in [0, 0.05) is 37.7 Å². The van der Waals surface area contributed by atoms with Crippen LogP contribution in [0.25, 0.3) is 0 Å². The summed E-state index contributed by atoms with van der Waals surface area (Å²) in [5.41, 5.74) is 4.26. The molecule has 2 N–H and O–H groups in total. The summed E-state index contributed by atoms with van der Waals surface area (Å²) in [7, 11) is 0. The second kappa shape index (κ2) is 9.47. The number of rotatable bonds is 9. The Morgan fingerprint density at radius 1 is 0.969 bits per heavy atom. The summed E-state index contributed by atoms with van der Waals surface area (Å²) in [4.78, 5) is 26.7. The van der Waals surface area contributed by atoms with Crippen LogP contribution in [0.4, 0.5) is 0 Å². The molecule has 0 bridgehead atoms. The first-order valence-electron chi connectivity index (χ1n) is 12.3. The molecular weight excluding hydrogens is 400 g/mol. The summed E-state index contributed by atoms with van der Waals surface area (Å²) in [5, 5.41) is 10.3. The number of nitrogens with one attached hydrogen (secondary N) is 2. The van der Waals surface area contributed by atoms with Crippen molar-refractivity contribution in [2.45, 2.75) is 63.7 Å². The van der Waals surface area contributed by atoms with Gasteiger partial charge in [-0.15, -0.1) is 0 Å². The van der Waals surface area contributed by atoms with E-state index in [1.54, 1.807) is 0 Å². The molecule has 0 atom stereocenters. The number of benzene rings is 1. The summed E-state index contributed by atoms with van der Waals surface area (Å²) in [6.07, 6.45) is 9.44. The van der Waals surface area contributed by atoms with Gasteiger partial charge in [-0.05, 0) is 80.4 Å². The van der Waals surface area contributed by atoms with Crippen LogP contribution in [0.5, 0.6) is 0 Å². The predicted molar refractivity (Wildman–Crippen MR) is 123 cm³/mol. The average Bonchev–Trinajstić information content (AvgIpc) is 3.76. The van der Waals surface area contributed by atoms with E-state index in [0.29, 0.717) is 24.0 Å². The molecule has 2 amide bonds. The second-order valence-corrected chi connectivity index (χ2v) is 9.99. The molecule has 2 heterocycles. The third kappa shape index (κ3) is 5.59. The quantitative estimate of drug-likeness (QED) is 0.629. The summed E-state index contributed by atoms with van der Waals surface area (Å²) in [5.74, 6) is 2.16. The molecule has 170 valence electrons. The number of hydrogen-bond donors (Lipinski definition) is 2. The van der Waals surface area contributed by atoms with Crippen molar-refractivity contribution in [2.75, 3.05) is 19.6 Å². The van der Waals surface area contributed by atoms with Crippen LogP contribution in [0.2, 0.25) is 0 Å². The number of carbonyl (C=O) groups is 2. The smallest absolute Gasteiger partial charge is 0.274 e. The van der Waals surface area contributed by atoms with Crippen LogP contribution < -0.4 is 5.32 Å². The van der Waals surface area contributed by atoms with E-state index in [4.69, 9.17) is 0 Å². The number of H-pyrrole nitrogens is 1. The Labute approximate surface area is 190 Å². The summed E-state index contributed by atoms with van der Waals surface area (Å²) >= 11 is 0. The average molecular weight is 435 g/mol. The van der Waals surface area contributed by atoms with E-state index in [1.165, 1.54) is 36.8 Å². The molecule has 0 radical (unpaired) electrons. The minimum atomic E-state index is 0.0668. The van der Waals surface area contributed by atoms with Gasteiger partial charge in [-0.2, -0.15) is 5.10 Å².